The maximum absolute atomic E-state index is 12.1. The predicted octanol–water partition coefficient (Wildman–Crippen LogP) is 1.61. The molecule has 2 aliphatic heterocycles. The normalized spacial score (nSPS) is 21.7. The summed E-state index contributed by atoms with van der Waals surface area (Å²) in [6.07, 6.45) is 2.21. The van der Waals surface area contributed by atoms with Crippen molar-refractivity contribution in [2.75, 3.05) is 26.2 Å². The van der Waals surface area contributed by atoms with Crippen molar-refractivity contribution in [1.82, 2.24) is 10.2 Å². The summed E-state index contributed by atoms with van der Waals surface area (Å²) < 4.78 is 0. The Labute approximate surface area is 108 Å². The standard InChI is InChI=1S/C15H20N2O/c18-15(14-10-16-11-14)17-8-6-13(7-9-17)12-4-2-1-3-5-12/h1-5,13-14,16H,6-11H2. The predicted molar refractivity (Wildman–Crippen MR) is 71.4 cm³/mol. The van der Waals surface area contributed by atoms with E-state index in [1.54, 1.807) is 0 Å². The van der Waals surface area contributed by atoms with Crippen molar-refractivity contribution < 1.29 is 4.79 Å². The van der Waals surface area contributed by atoms with Crippen molar-refractivity contribution in [3.8, 4) is 0 Å². The van der Waals surface area contributed by atoms with Crippen LogP contribution in [0.5, 0.6) is 0 Å². The van der Waals surface area contributed by atoms with Gasteiger partial charge in [0.15, 0.2) is 0 Å². The van der Waals surface area contributed by atoms with Gasteiger partial charge >= 0.3 is 0 Å². The average Bonchev–Trinajstić information content (AvgIpc) is 2.38. The van der Waals surface area contributed by atoms with E-state index in [2.05, 4.69) is 40.5 Å². The molecule has 18 heavy (non-hydrogen) atoms. The summed E-state index contributed by atoms with van der Waals surface area (Å²) in [7, 11) is 0. The Morgan fingerprint density at radius 2 is 1.78 bits per heavy atom. The highest BCUT2D eigenvalue weighted by Gasteiger charge is 2.31. The minimum absolute atomic E-state index is 0.248. The summed E-state index contributed by atoms with van der Waals surface area (Å²) >= 11 is 0. The van der Waals surface area contributed by atoms with Crippen LogP contribution in [0, 0.1) is 5.92 Å². The lowest BCUT2D eigenvalue weighted by molar-refractivity contribution is -0.138. The van der Waals surface area contributed by atoms with Gasteiger partial charge in [0.1, 0.15) is 0 Å². The number of carbonyl (C=O) groups is 1. The Bertz CT molecular complexity index is 406. The van der Waals surface area contributed by atoms with E-state index in [4.69, 9.17) is 0 Å². The Balaban J connectivity index is 1.56. The SMILES string of the molecule is O=C(C1CNC1)N1CCC(c2ccccc2)CC1. The second kappa shape index (κ2) is 5.11. The van der Waals surface area contributed by atoms with Gasteiger partial charge < -0.3 is 10.2 Å². The highest BCUT2D eigenvalue weighted by molar-refractivity contribution is 5.80. The van der Waals surface area contributed by atoms with Crippen LogP contribution in [0.15, 0.2) is 30.3 Å². The molecule has 1 N–H and O–H groups in total. The Morgan fingerprint density at radius 1 is 1.11 bits per heavy atom. The Hall–Kier alpha value is -1.35. The quantitative estimate of drug-likeness (QED) is 0.857. The average molecular weight is 244 g/mol. The van der Waals surface area contributed by atoms with Crippen LogP contribution >= 0.6 is 0 Å². The second-order valence-electron chi connectivity index (χ2n) is 5.37. The number of hydrogen-bond donors (Lipinski definition) is 1. The first-order valence-corrected chi connectivity index (χ1v) is 6.89. The van der Waals surface area contributed by atoms with Gasteiger partial charge in [-0.05, 0) is 24.3 Å². The maximum atomic E-state index is 12.1. The van der Waals surface area contributed by atoms with E-state index in [0.29, 0.717) is 11.8 Å². The molecule has 2 fully saturated rings. The zero-order chi connectivity index (χ0) is 12.4. The lowest BCUT2D eigenvalue weighted by Crippen LogP contribution is -2.53. The molecule has 0 saturated carbocycles. The van der Waals surface area contributed by atoms with E-state index in [1.807, 2.05) is 0 Å². The summed E-state index contributed by atoms with van der Waals surface area (Å²) in [4.78, 5) is 14.2. The number of carbonyl (C=O) groups excluding carboxylic acids is 1. The molecule has 0 aliphatic carbocycles. The molecule has 96 valence electrons. The van der Waals surface area contributed by atoms with E-state index in [-0.39, 0.29) is 5.92 Å². The number of benzene rings is 1. The number of rotatable bonds is 2. The van der Waals surface area contributed by atoms with Gasteiger partial charge in [0, 0.05) is 26.2 Å². The molecular weight excluding hydrogens is 224 g/mol. The van der Waals surface area contributed by atoms with Gasteiger partial charge in [-0.1, -0.05) is 30.3 Å². The van der Waals surface area contributed by atoms with Crippen molar-refractivity contribution in [3.05, 3.63) is 35.9 Å². The molecule has 0 spiro atoms. The van der Waals surface area contributed by atoms with Gasteiger partial charge in [0.2, 0.25) is 5.91 Å². The molecule has 1 amide bonds. The molecule has 0 aromatic heterocycles. The minimum Gasteiger partial charge on any atom is -0.342 e. The first kappa shape index (κ1) is 11.7. The second-order valence-corrected chi connectivity index (χ2v) is 5.37. The van der Waals surface area contributed by atoms with Crippen LogP contribution in [0.1, 0.15) is 24.3 Å². The molecule has 2 saturated heterocycles. The molecule has 2 aliphatic rings. The summed E-state index contributed by atoms with van der Waals surface area (Å²) in [5.41, 5.74) is 1.43. The van der Waals surface area contributed by atoms with Crippen LogP contribution in [0.3, 0.4) is 0 Å². The zero-order valence-corrected chi connectivity index (χ0v) is 10.6. The third kappa shape index (κ3) is 2.27. The molecule has 3 rings (SSSR count). The van der Waals surface area contributed by atoms with Gasteiger partial charge in [-0.2, -0.15) is 0 Å². The van der Waals surface area contributed by atoms with E-state index in [0.717, 1.165) is 39.0 Å². The van der Waals surface area contributed by atoms with Crippen LogP contribution in [0.25, 0.3) is 0 Å². The van der Waals surface area contributed by atoms with Crippen LogP contribution < -0.4 is 5.32 Å². The molecule has 0 bridgehead atoms. The van der Waals surface area contributed by atoms with Crippen molar-refractivity contribution in [1.29, 1.82) is 0 Å². The molecule has 0 radical (unpaired) electrons. The van der Waals surface area contributed by atoms with Gasteiger partial charge in [-0.25, -0.2) is 0 Å². The van der Waals surface area contributed by atoms with E-state index < -0.39 is 0 Å². The smallest absolute Gasteiger partial charge is 0.228 e. The third-order valence-electron chi connectivity index (χ3n) is 4.21. The molecule has 1 aromatic carbocycles. The molecule has 2 heterocycles. The first-order valence-electron chi connectivity index (χ1n) is 6.89. The summed E-state index contributed by atoms with van der Waals surface area (Å²) in [5, 5.41) is 3.17. The fraction of sp³-hybridized carbons (Fsp3) is 0.533. The van der Waals surface area contributed by atoms with E-state index in [9.17, 15) is 4.79 Å². The number of amides is 1. The molecular formula is C15H20N2O. The number of nitrogens with zero attached hydrogens (tertiary/aromatic N) is 1. The van der Waals surface area contributed by atoms with E-state index >= 15 is 0 Å². The third-order valence-corrected chi connectivity index (χ3v) is 4.21. The fourth-order valence-corrected chi connectivity index (χ4v) is 2.88. The van der Waals surface area contributed by atoms with Gasteiger partial charge in [-0.3, -0.25) is 4.79 Å². The monoisotopic (exact) mass is 244 g/mol. The van der Waals surface area contributed by atoms with Crippen molar-refractivity contribution in [3.63, 3.8) is 0 Å². The number of piperidine rings is 1. The lowest BCUT2D eigenvalue weighted by Gasteiger charge is -2.37. The highest BCUT2D eigenvalue weighted by Crippen LogP contribution is 2.28. The first-order chi connectivity index (χ1) is 8.84. The molecule has 3 heteroatoms. The van der Waals surface area contributed by atoms with Crippen molar-refractivity contribution in [2.24, 2.45) is 5.92 Å². The van der Waals surface area contributed by atoms with Crippen molar-refractivity contribution in [2.45, 2.75) is 18.8 Å². The van der Waals surface area contributed by atoms with E-state index in [1.165, 1.54) is 5.56 Å². The summed E-state index contributed by atoms with van der Waals surface area (Å²) in [6.45, 7) is 3.60. The molecule has 3 nitrogen and oxygen atoms in total. The zero-order valence-electron chi connectivity index (χ0n) is 10.6. The summed E-state index contributed by atoms with van der Waals surface area (Å²) in [6, 6.07) is 10.7. The van der Waals surface area contributed by atoms with Gasteiger partial charge in [0.25, 0.3) is 0 Å². The van der Waals surface area contributed by atoms with Crippen LogP contribution in [0.4, 0.5) is 0 Å². The number of hydrogen-bond acceptors (Lipinski definition) is 2. The molecule has 1 aromatic rings. The highest BCUT2D eigenvalue weighted by atomic mass is 16.2. The molecule has 0 atom stereocenters. The van der Waals surface area contributed by atoms with Gasteiger partial charge in [-0.15, -0.1) is 0 Å². The number of nitrogens with one attached hydrogen (secondary N) is 1. The van der Waals surface area contributed by atoms with Crippen LogP contribution in [-0.4, -0.2) is 37.0 Å². The van der Waals surface area contributed by atoms with Gasteiger partial charge in [0.05, 0.1) is 5.92 Å². The minimum atomic E-state index is 0.248. The van der Waals surface area contributed by atoms with Crippen molar-refractivity contribution >= 4 is 5.91 Å². The maximum Gasteiger partial charge on any atom is 0.228 e. The fourth-order valence-electron chi connectivity index (χ4n) is 2.88. The molecule has 0 unspecified atom stereocenters. The Kier molecular flexibility index (Phi) is 3.33. The number of likely N-dealkylation sites (tertiary alicyclic amines) is 1. The van der Waals surface area contributed by atoms with Crippen LogP contribution in [-0.2, 0) is 4.79 Å². The summed E-state index contributed by atoms with van der Waals surface area (Å²) in [5.74, 6) is 1.24. The topological polar surface area (TPSA) is 32.3 Å². The largest absolute Gasteiger partial charge is 0.342 e. The Morgan fingerprint density at radius 3 is 2.33 bits per heavy atom. The lowest BCUT2D eigenvalue weighted by atomic mass is 9.88. The van der Waals surface area contributed by atoms with Crippen LogP contribution in [0.2, 0.25) is 0 Å².